The topological polar surface area (TPSA) is 347 Å². The fourth-order valence-corrected chi connectivity index (χ4v) is 8.91. The van der Waals surface area contributed by atoms with Crippen molar-refractivity contribution in [2.24, 2.45) is 28.1 Å². The van der Waals surface area contributed by atoms with E-state index in [1.807, 2.05) is 6.08 Å². The Kier molecular flexibility index (Phi) is 13.4. The Hall–Kier alpha value is -6.59. The van der Waals surface area contributed by atoms with Crippen LogP contribution in [0.1, 0.15) is 68.3 Å². The van der Waals surface area contributed by atoms with E-state index >= 15 is 0 Å². The molecule has 5 aliphatic rings. The molecule has 21 nitrogen and oxygen atoms in total. The number of methoxy groups -OCH3 is 1. The number of hydrogen-bond acceptors (Lipinski definition) is 18. The Morgan fingerprint density at radius 3 is 2.39 bits per heavy atom. The zero-order chi connectivity index (χ0) is 47.8. The molecule has 7 atom stereocenters. The van der Waals surface area contributed by atoms with Crippen molar-refractivity contribution in [3.8, 4) is 17.2 Å². The van der Waals surface area contributed by atoms with Crippen LogP contribution in [0.3, 0.4) is 0 Å². The number of amides is 2. The number of hydrogen-bond donors (Lipinski definition) is 12. The van der Waals surface area contributed by atoms with Crippen molar-refractivity contribution < 1.29 is 64.0 Å². The summed E-state index contributed by atoms with van der Waals surface area (Å²) in [6.07, 6.45) is 3.65. The van der Waals surface area contributed by atoms with Crippen LogP contribution in [-0.2, 0) is 33.7 Å². The number of fused-ring (bicyclic) bond motifs is 2. The van der Waals surface area contributed by atoms with E-state index in [0.29, 0.717) is 29.5 Å². The first-order valence-electron chi connectivity index (χ1n) is 21.2. The predicted molar refractivity (Wildman–Crippen MR) is 235 cm³/mol. The number of allylic oxidation sites excluding steroid dienone is 3. The Morgan fingerprint density at radius 1 is 1.05 bits per heavy atom. The third-order valence-electron chi connectivity index (χ3n) is 12.5. The lowest BCUT2D eigenvalue weighted by Gasteiger charge is -2.53. The van der Waals surface area contributed by atoms with E-state index < -0.39 is 83.7 Å². The SMILES string of the molecule is CCc1c(OC)cc(OC2OC(O)(CO)C(O)(CC(CN3C(=O)C=CC3=O)C3=CCNC(N)=C3)C(O)C2O)c2c1C(=O)c1cc(CCC3=CNC(N)C=C3)c(CNC(N)=NC)c(O)c1C2=O. The molecule has 15 N–H and O–H groups in total. The second kappa shape index (κ2) is 18.7. The number of aliphatic hydroxyl groups is 5. The molecule has 0 aromatic heterocycles. The maximum absolute atomic E-state index is 14.9. The van der Waals surface area contributed by atoms with Crippen LogP contribution in [0.15, 0.2) is 76.7 Å². The molecule has 0 radical (unpaired) electrons. The largest absolute Gasteiger partial charge is 0.507 e. The molecule has 66 heavy (non-hydrogen) atoms. The second-order valence-corrected chi connectivity index (χ2v) is 16.4. The first-order valence-corrected chi connectivity index (χ1v) is 21.2. The number of phenolic OH excluding ortho intramolecular Hbond substituents is 1. The number of aromatic hydroxyl groups is 1. The molecule has 352 valence electrons. The van der Waals surface area contributed by atoms with Crippen LogP contribution in [0.4, 0.5) is 0 Å². The Bertz CT molecular complexity index is 2520. The molecule has 1 aliphatic carbocycles. The number of nitrogens with one attached hydrogen (secondary N) is 3. The van der Waals surface area contributed by atoms with Gasteiger partial charge in [-0.1, -0.05) is 19.1 Å². The highest BCUT2D eigenvalue weighted by Gasteiger charge is 2.65. The average Bonchev–Trinajstić information content (AvgIpc) is 3.62. The molecular formula is C45H54N8O13. The van der Waals surface area contributed by atoms with Crippen LogP contribution in [0.5, 0.6) is 17.2 Å². The number of rotatable bonds is 15. The number of aryl methyl sites for hydroxylation is 1. The number of ether oxygens (including phenoxy) is 3. The zero-order valence-electron chi connectivity index (χ0n) is 36.4. The fourth-order valence-electron chi connectivity index (χ4n) is 8.91. The molecule has 4 aliphatic heterocycles. The van der Waals surface area contributed by atoms with Gasteiger partial charge in [0.25, 0.3) is 11.8 Å². The summed E-state index contributed by atoms with van der Waals surface area (Å²) in [5, 5.41) is 79.1. The monoisotopic (exact) mass is 914 g/mol. The van der Waals surface area contributed by atoms with Gasteiger partial charge in [0.2, 0.25) is 17.9 Å². The Labute approximate surface area is 378 Å². The molecule has 21 heteroatoms. The number of phenols is 1. The number of benzene rings is 2. The first-order chi connectivity index (χ1) is 31.4. The summed E-state index contributed by atoms with van der Waals surface area (Å²) in [4.78, 5) is 59.8. The first kappa shape index (κ1) is 47.4. The van der Waals surface area contributed by atoms with Gasteiger partial charge in [-0.25, -0.2) is 0 Å². The van der Waals surface area contributed by atoms with Crippen molar-refractivity contribution in [3.63, 3.8) is 0 Å². The molecule has 1 fully saturated rings. The van der Waals surface area contributed by atoms with Gasteiger partial charge in [-0.3, -0.25) is 29.1 Å². The molecule has 7 rings (SSSR count). The maximum Gasteiger partial charge on any atom is 0.253 e. The number of aliphatic imine (C=N–C) groups is 1. The molecule has 0 saturated carbocycles. The lowest BCUT2D eigenvalue weighted by Crippen LogP contribution is -2.75. The minimum atomic E-state index is -3.14. The van der Waals surface area contributed by atoms with E-state index in [1.165, 1.54) is 32.4 Å². The summed E-state index contributed by atoms with van der Waals surface area (Å²) < 4.78 is 17.5. The summed E-state index contributed by atoms with van der Waals surface area (Å²) >= 11 is 0. The lowest BCUT2D eigenvalue weighted by atomic mass is 9.73. The number of nitrogens with two attached hydrogens (primary N) is 3. The molecule has 2 aromatic carbocycles. The normalized spacial score (nSPS) is 26.5. The van der Waals surface area contributed by atoms with E-state index in [2.05, 4.69) is 20.9 Å². The number of aliphatic hydroxyl groups excluding tert-OH is 3. The Morgan fingerprint density at radius 2 is 1.77 bits per heavy atom. The summed E-state index contributed by atoms with van der Waals surface area (Å²) in [5.74, 6) is -7.76. The van der Waals surface area contributed by atoms with Crippen LogP contribution >= 0.6 is 0 Å². The van der Waals surface area contributed by atoms with Crippen molar-refractivity contribution in [1.82, 2.24) is 20.9 Å². The highest BCUT2D eigenvalue weighted by Crippen LogP contribution is 2.47. The van der Waals surface area contributed by atoms with Gasteiger partial charge in [0.1, 0.15) is 41.7 Å². The van der Waals surface area contributed by atoms with Crippen LogP contribution in [-0.4, -0.2) is 135 Å². The number of nitrogens with zero attached hydrogens (tertiary/aromatic N) is 2. The van der Waals surface area contributed by atoms with Gasteiger partial charge in [-0.2, -0.15) is 0 Å². The van der Waals surface area contributed by atoms with Crippen LogP contribution in [0.2, 0.25) is 0 Å². The van der Waals surface area contributed by atoms with Crippen LogP contribution < -0.4 is 42.6 Å². The van der Waals surface area contributed by atoms with Crippen molar-refractivity contribution in [2.45, 2.75) is 75.2 Å². The standard InChI is InChI=1S/C45H54N8O13/c1-4-25-28(64-3)15-29(36-34(25)37(57)26-13-23(7-5-21-6-8-30(46)51-17-21)27(18-52-43(48)49-2)38(58)35(26)39(36)59)65-42-40(60)41(61)44(62,45(63,20-54)66-42)16-24(22-11-12-50-31(47)14-22)19-53-32(55)9-10-33(53)56/h6,8-11,13-15,17,24,30,40-42,50-51,54,58,60-63H,4-5,7,12,16,18-20,46-47H2,1-3H3,(H3,48,49,52). The van der Waals surface area contributed by atoms with Gasteiger partial charge in [0, 0.05) is 79.3 Å². The van der Waals surface area contributed by atoms with Crippen molar-refractivity contribution >= 4 is 29.3 Å². The van der Waals surface area contributed by atoms with Gasteiger partial charge in [0.15, 0.2) is 11.7 Å². The molecule has 1 saturated heterocycles. The third kappa shape index (κ3) is 8.52. The number of carbonyl (C=O) groups excluding carboxylic acids is 4. The van der Waals surface area contributed by atoms with Gasteiger partial charge >= 0.3 is 0 Å². The molecular weight excluding hydrogens is 861 g/mol. The summed E-state index contributed by atoms with van der Waals surface area (Å²) in [6.45, 7) is 0.0480. The van der Waals surface area contributed by atoms with Gasteiger partial charge in [-0.15, -0.1) is 0 Å². The predicted octanol–water partition coefficient (Wildman–Crippen LogP) is -1.84. The van der Waals surface area contributed by atoms with E-state index in [0.717, 1.165) is 22.6 Å². The van der Waals surface area contributed by atoms with Crippen molar-refractivity contribution in [1.29, 1.82) is 0 Å². The fraction of sp³-hybridized carbons (Fsp3) is 0.400. The molecule has 7 unspecified atom stereocenters. The van der Waals surface area contributed by atoms with Gasteiger partial charge in [-0.05, 0) is 60.6 Å². The van der Waals surface area contributed by atoms with Gasteiger partial charge < -0.3 is 78.0 Å². The number of dihydropyridines is 2. The highest BCUT2D eigenvalue weighted by atomic mass is 16.8. The maximum atomic E-state index is 14.9. The second-order valence-electron chi connectivity index (χ2n) is 16.4. The molecule has 0 bridgehead atoms. The minimum absolute atomic E-state index is 0.0368. The van der Waals surface area contributed by atoms with Crippen molar-refractivity contribution in [3.05, 3.63) is 111 Å². The molecule has 0 spiro atoms. The molecule has 2 aromatic rings. The minimum Gasteiger partial charge on any atom is -0.507 e. The molecule has 4 heterocycles. The van der Waals surface area contributed by atoms with E-state index in [9.17, 15) is 49.8 Å². The number of imide groups is 1. The number of ketones is 2. The van der Waals surface area contributed by atoms with E-state index in [4.69, 9.17) is 31.4 Å². The zero-order valence-corrected chi connectivity index (χ0v) is 36.4. The highest BCUT2D eigenvalue weighted by molar-refractivity contribution is 6.31. The van der Waals surface area contributed by atoms with Gasteiger partial charge in [0.05, 0.1) is 30.2 Å². The van der Waals surface area contributed by atoms with E-state index in [-0.39, 0.29) is 77.6 Å². The number of carbonyl (C=O) groups is 4. The lowest BCUT2D eigenvalue weighted by molar-refractivity contribution is -0.420. The Balaban J connectivity index is 1.26. The molecule has 2 amide bonds. The van der Waals surface area contributed by atoms with Crippen LogP contribution in [0.25, 0.3) is 0 Å². The summed E-state index contributed by atoms with van der Waals surface area (Å²) in [7, 11) is 2.77. The third-order valence-corrected chi connectivity index (χ3v) is 12.5. The summed E-state index contributed by atoms with van der Waals surface area (Å²) in [5.41, 5.74) is 16.2. The average molecular weight is 915 g/mol. The quantitative estimate of drug-likeness (QED) is 0.0453. The van der Waals surface area contributed by atoms with Crippen LogP contribution in [0, 0.1) is 5.92 Å². The smallest absolute Gasteiger partial charge is 0.253 e. The van der Waals surface area contributed by atoms with Crippen molar-refractivity contribution in [2.75, 3.05) is 33.9 Å². The van der Waals surface area contributed by atoms with E-state index in [1.54, 1.807) is 25.3 Å². The summed E-state index contributed by atoms with van der Waals surface area (Å²) in [6, 6.07) is 2.78. The number of guanidine groups is 1.